The van der Waals surface area contributed by atoms with E-state index in [1.54, 1.807) is 0 Å². The van der Waals surface area contributed by atoms with Crippen molar-refractivity contribution >= 4 is 21.4 Å². The number of rotatable bonds is 4. The maximum absolute atomic E-state index is 12.9. The minimum absolute atomic E-state index is 0.184. The lowest BCUT2D eigenvalue weighted by Gasteiger charge is -2.11. The number of halogens is 4. The zero-order valence-corrected chi connectivity index (χ0v) is 14.5. The van der Waals surface area contributed by atoms with Crippen LogP contribution in [0.4, 0.5) is 23.2 Å². The van der Waals surface area contributed by atoms with Crippen molar-refractivity contribution in [2.75, 3.05) is 5.32 Å². The summed E-state index contributed by atoms with van der Waals surface area (Å²) in [5, 5.41) is 20.5. The number of nitriles is 1. The first-order valence-corrected chi connectivity index (χ1v) is 8.82. The van der Waals surface area contributed by atoms with Crippen molar-refractivity contribution in [3.63, 3.8) is 0 Å². The van der Waals surface area contributed by atoms with Crippen molar-refractivity contribution in [2.45, 2.75) is 11.1 Å². The minimum Gasteiger partial charge on any atom is -0.503 e. The molecule has 0 aliphatic heterocycles. The molecule has 11 heteroatoms. The molecule has 146 valence electrons. The molecule has 2 N–H and O–H groups in total. The molecule has 0 atom stereocenters. The molecule has 0 spiro atoms. The Kier molecular flexibility index (Phi) is 5.75. The summed E-state index contributed by atoms with van der Waals surface area (Å²) in [5.74, 6) is -3.41. The lowest BCUT2D eigenvalue weighted by atomic mass is 10.1. The average molecular weight is 414 g/mol. The molecule has 0 heterocycles. The SMILES string of the molecule is N#Cc1ccc(NC(=O)/C(O)=C/S(=O)(=O)c2ccc(F)cc2)cc1C(F)(F)F. The van der Waals surface area contributed by atoms with Crippen LogP contribution >= 0.6 is 0 Å². The van der Waals surface area contributed by atoms with Crippen molar-refractivity contribution in [2.24, 2.45) is 0 Å². The van der Waals surface area contributed by atoms with Crippen LogP contribution < -0.4 is 5.32 Å². The number of hydrogen-bond acceptors (Lipinski definition) is 5. The van der Waals surface area contributed by atoms with Crippen LogP contribution in [0.25, 0.3) is 0 Å². The van der Waals surface area contributed by atoms with E-state index >= 15 is 0 Å². The molecule has 0 unspecified atom stereocenters. The second-order valence-corrected chi connectivity index (χ2v) is 7.12. The second-order valence-electron chi connectivity index (χ2n) is 5.33. The van der Waals surface area contributed by atoms with E-state index in [0.29, 0.717) is 6.07 Å². The first-order chi connectivity index (χ1) is 12.9. The second kappa shape index (κ2) is 7.69. The Bertz CT molecular complexity index is 1090. The van der Waals surface area contributed by atoms with E-state index < -0.39 is 55.2 Å². The molecular formula is C17H10F4N2O4S. The summed E-state index contributed by atoms with van der Waals surface area (Å²) in [6.45, 7) is 0. The highest BCUT2D eigenvalue weighted by Crippen LogP contribution is 2.33. The molecule has 0 saturated heterocycles. The van der Waals surface area contributed by atoms with Crippen molar-refractivity contribution in [1.29, 1.82) is 5.26 Å². The number of carbonyl (C=O) groups is 1. The number of alkyl halides is 3. The summed E-state index contributed by atoms with van der Waals surface area (Å²) in [6, 6.07) is 7.14. The van der Waals surface area contributed by atoms with Gasteiger partial charge in [-0.1, -0.05) is 0 Å². The zero-order chi connectivity index (χ0) is 21.1. The first-order valence-electron chi connectivity index (χ1n) is 7.28. The lowest BCUT2D eigenvalue weighted by Crippen LogP contribution is -2.16. The number of anilines is 1. The fourth-order valence-electron chi connectivity index (χ4n) is 2.04. The van der Waals surface area contributed by atoms with Gasteiger partial charge in [-0.3, -0.25) is 4.79 Å². The number of benzene rings is 2. The summed E-state index contributed by atoms with van der Waals surface area (Å²) in [7, 11) is -4.32. The molecule has 2 rings (SSSR count). The van der Waals surface area contributed by atoms with Gasteiger partial charge in [0.05, 0.1) is 27.5 Å². The van der Waals surface area contributed by atoms with Gasteiger partial charge >= 0.3 is 6.18 Å². The molecule has 6 nitrogen and oxygen atoms in total. The number of aliphatic hydroxyl groups is 1. The lowest BCUT2D eigenvalue weighted by molar-refractivity contribution is -0.137. The number of nitrogens with one attached hydrogen (secondary N) is 1. The average Bonchev–Trinajstić information content (AvgIpc) is 2.60. The van der Waals surface area contributed by atoms with Gasteiger partial charge in [-0.05, 0) is 42.5 Å². The van der Waals surface area contributed by atoms with Crippen LogP contribution in [0.1, 0.15) is 11.1 Å². The van der Waals surface area contributed by atoms with Crippen LogP contribution in [0.5, 0.6) is 0 Å². The van der Waals surface area contributed by atoms with Crippen molar-refractivity contribution in [3.8, 4) is 6.07 Å². The number of carbonyl (C=O) groups excluding carboxylic acids is 1. The molecule has 0 aliphatic carbocycles. The molecule has 0 fully saturated rings. The van der Waals surface area contributed by atoms with E-state index in [4.69, 9.17) is 5.26 Å². The smallest absolute Gasteiger partial charge is 0.417 e. The molecular weight excluding hydrogens is 404 g/mol. The summed E-state index contributed by atoms with van der Waals surface area (Å²) < 4.78 is 75.7. The Morgan fingerprint density at radius 1 is 1.14 bits per heavy atom. The molecule has 0 aliphatic rings. The molecule has 0 saturated carbocycles. The fourth-order valence-corrected chi connectivity index (χ4v) is 3.09. The summed E-state index contributed by atoms with van der Waals surface area (Å²) in [6.07, 6.45) is -4.87. The first kappa shape index (κ1) is 20.9. The molecule has 2 aromatic carbocycles. The van der Waals surface area contributed by atoms with E-state index in [1.165, 1.54) is 6.07 Å². The van der Waals surface area contributed by atoms with Crippen LogP contribution in [0.2, 0.25) is 0 Å². The number of sulfone groups is 1. The normalized spacial score (nSPS) is 12.3. The predicted molar refractivity (Wildman–Crippen MR) is 89.1 cm³/mol. The molecule has 28 heavy (non-hydrogen) atoms. The summed E-state index contributed by atoms with van der Waals surface area (Å²) >= 11 is 0. The molecule has 0 bridgehead atoms. The Labute approximate surface area is 156 Å². The highest BCUT2D eigenvalue weighted by molar-refractivity contribution is 7.94. The predicted octanol–water partition coefficient (Wildman–Crippen LogP) is 3.53. The molecule has 0 radical (unpaired) electrons. The summed E-state index contributed by atoms with van der Waals surface area (Å²) in [5.41, 5.74) is -2.41. The highest BCUT2D eigenvalue weighted by atomic mass is 32.2. The van der Waals surface area contributed by atoms with Crippen molar-refractivity contribution in [1.82, 2.24) is 0 Å². The maximum atomic E-state index is 12.9. The molecule has 1 amide bonds. The van der Waals surface area contributed by atoms with E-state index in [0.717, 1.165) is 36.4 Å². The van der Waals surface area contributed by atoms with Crippen molar-refractivity contribution < 1.29 is 35.9 Å². The van der Waals surface area contributed by atoms with Gasteiger partial charge in [-0.25, -0.2) is 12.8 Å². The topological polar surface area (TPSA) is 107 Å². The van der Waals surface area contributed by atoms with E-state index in [2.05, 4.69) is 0 Å². The van der Waals surface area contributed by atoms with E-state index in [9.17, 15) is 35.9 Å². The van der Waals surface area contributed by atoms with Gasteiger partial charge in [0.1, 0.15) is 5.82 Å². The summed E-state index contributed by atoms with van der Waals surface area (Å²) in [4.78, 5) is 11.5. The van der Waals surface area contributed by atoms with Crippen LogP contribution in [0.3, 0.4) is 0 Å². The third-order valence-electron chi connectivity index (χ3n) is 3.34. The fraction of sp³-hybridized carbons (Fsp3) is 0.0588. The highest BCUT2D eigenvalue weighted by Gasteiger charge is 2.34. The van der Waals surface area contributed by atoms with Crippen LogP contribution in [-0.2, 0) is 20.8 Å². The van der Waals surface area contributed by atoms with Gasteiger partial charge in [0.2, 0.25) is 9.84 Å². The quantitative estimate of drug-likeness (QED) is 0.345. The van der Waals surface area contributed by atoms with Gasteiger partial charge in [-0.15, -0.1) is 0 Å². The monoisotopic (exact) mass is 414 g/mol. The Morgan fingerprint density at radius 3 is 2.29 bits per heavy atom. The zero-order valence-electron chi connectivity index (χ0n) is 13.7. The van der Waals surface area contributed by atoms with E-state index in [1.807, 2.05) is 5.32 Å². The number of aliphatic hydroxyl groups excluding tert-OH is 1. The van der Waals surface area contributed by atoms with Gasteiger partial charge in [-0.2, -0.15) is 18.4 Å². The standard InChI is InChI=1S/C17H10F4N2O4S/c18-11-2-5-13(6-3-11)28(26,27)9-15(24)16(25)23-12-4-1-10(8-22)14(7-12)17(19,20)21/h1-7,9,24H,(H,23,25)/b15-9-. The molecule has 0 aromatic heterocycles. The maximum Gasteiger partial charge on any atom is 0.417 e. The van der Waals surface area contributed by atoms with E-state index in [-0.39, 0.29) is 5.41 Å². The van der Waals surface area contributed by atoms with Crippen LogP contribution in [0, 0.1) is 17.1 Å². The third-order valence-corrected chi connectivity index (χ3v) is 4.81. The minimum atomic E-state index is -4.87. The Morgan fingerprint density at radius 2 is 1.75 bits per heavy atom. The molecule has 2 aromatic rings. The largest absolute Gasteiger partial charge is 0.503 e. The third kappa shape index (κ3) is 4.86. The van der Waals surface area contributed by atoms with Crippen LogP contribution in [-0.4, -0.2) is 19.4 Å². The van der Waals surface area contributed by atoms with Crippen molar-refractivity contribution in [3.05, 3.63) is 70.6 Å². The Balaban J connectivity index is 2.28. The number of amides is 1. The van der Waals surface area contributed by atoms with Gasteiger partial charge in [0, 0.05) is 5.69 Å². The van der Waals surface area contributed by atoms with Gasteiger partial charge in [0.15, 0.2) is 5.76 Å². The van der Waals surface area contributed by atoms with Crippen LogP contribution in [0.15, 0.2) is 58.5 Å². The van der Waals surface area contributed by atoms with Gasteiger partial charge < -0.3 is 10.4 Å². The number of nitrogens with zero attached hydrogens (tertiary/aromatic N) is 1. The number of hydrogen-bond donors (Lipinski definition) is 2. The van der Waals surface area contributed by atoms with Gasteiger partial charge in [0.25, 0.3) is 5.91 Å². The Hall–Kier alpha value is -3.39.